The Bertz CT molecular complexity index is 904. The van der Waals surface area contributed by atoms with Crippen LogP contribution in [0.3, 0.4) is 0 Å². The molecule has 4 nitrogen and oxygen atoms in total. The number of carbonyl (C=O) groups excluding carboxylic acids is 2. The molecule has 0 bridgehead atoms. The van der Waals surface area contributed by atoms with E-state index < -0.39 is 6.04 Å². The molecule has 0 aliphatic heterocycles. The number of rotatable bonds is 11. The van der Waals surface area contributed by atoms with Crippen LogP contribution in [0.5, 0.6) is 0 Å². The van der Waals surface area contributed by atoms with E-state index in [1.807, 2.05) is 52.0 Å². The van der Waals surface area contributed by atoms with Crippen LogP contribution < -0.4 is 5.32 Å². The van der Waals surface area contributed by atoms with Gasteiger partial charge in [0.2, 0.25) is 11.8 Å². The summed E-state index contributed by atoms with van der Waals surface area (Å²) in [5.41, 5.74) is 2.45. The van der Waals surface area contributed by atoms with Crippen molar-refractivity contribution in [2.45, 2.75) is 64.9 Å². The largest absolute Gasteiger partial charge is 0.352 e. The topological polar surface area (TPSA) is 49.4 Å². The van der Waals surface area contributed by atoms with E-state index in [1.54, 1.807) is 17.0 Å². The lowest BCUT2D eigenvalue weighted by Gasteiger charge is -2.31. The maximum absolute atomic E-state index is 14.1. The lowest BCUT2D eigenvalue weighted by atomic mass is 10.1. The first-order valence-corrected chi connectivity index (χ1v) is 12.5. The molecule has 1 N–H and O–H groups in total. The summed E-state index contributed by atoms with van der Waals surface area (Å²) >= 11 is 7.40. The molecule has 0 saturated carbocycles. The molecule has 0 radical (unpaired) electrons. The maximum Gasteiger partial charge on any atom is 0.243 e. The van der Waals surface area contributed by atoms with Crippen LogP contribution in [0.25, 0.3) is 0 Å². The number of hydrogen-bond acceptors (Lipinski definition) is 3. The number of aryl methyl sites for hydroxylation is 1. The van der Waals surface area contributed by atoms with Crippen molar-refractivity contribution in [2.24, 2.45) is 0 Å². The zero-order valence-corrected chi connectivity index (χ0v) is 20.7. The molecule has 174 valence electrons. The Morgan fingerprint density at radius 1 is 1.16 bits per heavy atom. The fourth-order valence-corrected chi connectivity index (χ4v) is 4.61. The van der Waals surface area contributed by atoms with Crippen LogP contribution in [0.2, 0.25) is 5.02 Å². The molecule has 0 aromatic heterocycles. The zero-order chi connectivity index (χ0) is 23.7. The number of hydrogen-bond donors (Lipinski definition) is 1. The molecule has 0 heterocycles. The van der Waals surface area contributed by atoms with Gasteiger partial charge in [0, 0.05) is 28.9 Å². The van der Waals surface area contributed by atoms with E-state index in [2.05, 4.69) is 5.32 Å². The lowest BCUT2D eigenvalue weighted by Crippen LogP contribution is -2.51. The Kier molecular flexibility index (Phi) is 10.5. The molecule has 0 aliphatic rings. The van der Waals surface area contributed by atoms with E-state index in [0.717, 1.165) is 17.5 Å². The normalized spacial score (nSPS) is 12.8. The van der Waals surface area contributed by atoms with Crippen LogP contribution in [-0.4, -0.2) is 34.6 Å². The second kappa shape index (κ2) is 12.9. The van der Waals surface area contributed by atoms with E-state index in [-0.39, 0.29) is 35.2 Å². The van der Waals surface area contributed by atoms with E-state index >= 15 is 0 Å². The maximum atomic E-state index is 14.1. The third-order valence-corrected chi connectivity index (χ3v) is 6.65. The Labute approximate surface area is 199 Å². The first-order valence-electron chi connectivity index (χ1n) is 10.9. The summed E-state index contributed by atoms with van der Waals surface area (Å²) in [5.74, 6) is -0.275. The van der Waals surface area contributed by atoms with E-state index in [0.29, 0.717) is 23.6 Å². The minimum Gasteiger partial charge on any atom is -0.352 e. The molecule has 0 spiro atoms. The number of nitrogens with one attached hydrogen (secondary N) is 1. The summed E-state index contributed by atoms with van der Waals surface area (Å²) in [5, 5.41) is 3.35. The van der Waals surface area contributed by atoms with Gasteiger partial charge < -0.3 is 10.2 Å². The highest BCUT2D eigenvalue weighted by Crippen LogP contribution is 2.25. The lowest BCUT2D eigenvalue weighted by molar-refractivity contribution is -0.139. The molecule has 0 saturated heterocycles. The van der Waals surface area contributed by atoms with E-state index in [9.17, 15) is 14.0 Å². The smallest absolute Gasteiger partial charge is 0.243 e. The first kappa shape index (κ1) is 26.2. The van der Waals surface area contributed by atoms with Crippen molar-refractivity contribution in [1.82, 2.24) is 10.2 Å². The molecule has 2 aromatic rings. The first-order chi connectivity index (χ1) is 15.3. The summed E-state index contributed by atoms with van der Waals surface area (Å²) in [6.07, 6.45) is 1.32. The highest BCUT2D eigenvalue weighted by atomic mass is 35.5. The van der Waals surface area contributed by atoms with Gasteiger partial charge in [-0.15, -0.1) is 11.8 Å². The van der Waals surface area contributed by atoms with Gasteiger partial charge in [0.15, 0.2) is 0 Å². The van der Waals surface area contributed by atoms with Gasteiger partial charge in [0.05, 0.1) is 5.75 Å². The molecule has 0 unspecified atom stereocenters. The fraction of sp³-hybridized carbons (Fsp3) is 0.440. The average molecular weight is 479 g/mol. The molecule has 0 fully saturated rings. The molecule has 32 heavy (non-hydrogen) atoms. The zero-order valence-electron chi connectivity index (χ0n) is 19.2. The van der Waals surface area contributed by atoms with Crippen LogP contribution in [0.1, 0.15) is 50.3 Å². The molecule has 7 heteroatoms. The Balaban J connectivity index is 2.18. The molecular formula is C25H32ClFN2O2S. The van der Waals surface area contributed by atoms with Gasteiger partial charge in [-0.2, -0.15) is 0 Å². The van der Waals surface area contributed by atoms with Gasteiger partial charge >= 0.3 is 0 Å². The van der Waals surface area contributed by atoms with Gasteiger partial charge in [0.1, 0.15) is 11.9 Å². The summed E-state index contributed by atoms with van der Waals surface area (Å²) in [4.78, 5) is 27.8. The summed E-state index contributed by atoms with van der Waals surface area (Å²) in [7, 11) is 0. The predicted molar refractivity (Wildman–Crippen MR) is 131 cm³/mol. The van der Waals surface area contributed by atoms with Crippen molar-refractivity contribution in [3.63, 3.8) is 0 Å². The summed E-state index contributed by atoms with van der Waals surface area (Å²) in [6, 6.07) is 11.9. The molecule has 2 atom stereocenters. The van der Waals surface area contributed by atoms with Crippen LogP contribution in [-0.2, 0) is 21.9 Å². The molecule has 0 aliphatic carbocycles. The van der Waals surface area contributed by atoms with Crippen molar-refractivity contribution in [3.05, 3.63) is 70.0 Å². The van der Waals surface area contributed by atoms with Crippen molar-refractivity contribution in [3.8, 4) is 0 Å². The van der Waals surface area contributed by atoms with Gasteiger partial charge in [0.25, 0.3) is 0 Å². The summed E-state index contributed by atoms with van der Waals surface area (Å²) in [6.45, 7) is 8.20. The second-order valence-electron chi connectivity index (χ2n) is 7.95. The number of amides is 2. The Morgan fingerprint density at radius 3 is 2.50 bits per heavy atom. The average Bonchev–Trinajstić information content (AvgIpc) is 2.75. The predicted octanol–water partition coefficient (Wildman–Crippen LogP) is 5.74. The second-order valence-corrected chi connectivity index (χ2v) is 9.34. The Hall–Kier alpha value is -2.05. The van der Waals surface area contributed by atoms with Crippen LogP contribution in [0.15, 0.2) is 42.5 Å². The third-order valence-electron chi connectivity index (χ3n) is 5.36. The highest BCUT2D eigenvalue weighted by Gasteiger charge is 2.29. The quantitative estimate of drug-likeness (QED) is 0.447. The van der Waals surface area contributed by atoms with Crippen LogP contribution in [0, 0.1) is 12.7 Å². The van der Waals surface area contributed by atoms with Crippen molar-refractivity contribution in [2.75, 3.05) is 5.75 Å². The van der Waals surface area contributed by atoms with E-state index in [1.165, 1.54) is 17.8 Å². The van der Waals surface area contributed by atoms with Crippen molar-refractivity contribution < 1.29 is 14.0 Å². The van der Waals surface area contributed by atoms with E-state index in [4.69, 9.17) is 11.6 Å². The molecule has 2 aromatic carbocycles. The van der Waals surface area contributed by atoms with Gasteiger partial charge in [-0.1, -0.05) is 61.3 Å². The summed E-state index contributed by atoms with van der Waals surface area (Å²) < 4.78 is 14.1. The SMILES string of the molecule is CC[C@H](C(=O)N[C@@H](C)CC)N(Cc1cccc(C)c1)C(=O)CSCc1c(F)cccc1Cl. The van der Waals surface area contributed by atoms with Gasteiger partial charge in [-0.25, -0.2) is 4.39 Å². The number of thioether (sulfide) groups is 1. The van der Waals surface area contributed by atoms with Gasteiger partial charge in [-0.05, 0) is 44.4 Å². The number of halogens is 2. The number of nitrogens with zero attached hydrogens (tertiary/aromatic N) is 1. The van der Waals surface area contributed by atoms with Crippen LogP contribution >= 0.6 is 23.4 Å². The van der Waals surface area contributed by atoms with Crippen molar-refractivity contribution >= 4 is 35.2 Å². The molecule has 2 amide bonds. The Morgan fingerprint density at radius 2 is 1.88 bits per heavy atom. The number of benzene rings is 2. The third kappa shape index (κ3) is 7.52. The van der Waals surface area contributed by atoms with Gasteiger partial charge in [-0.3, -0.25) is 9.59 Å². The van der Waals surface area contributed by atoms with Crippen molar-refractivity contribution in [1.29, 1.82) is 0 Å². The molecular weight excluding hydrogens is 447 g/mol. The minimum absolute atomic E-state index is 0.0324. The standard InChI is InChI=1S/C25H32ClFN2O2S/c1-5-18(4)28-25(31)23(6-2)29(14-19-10-7-9-17(3)13-19)24(30)16-32-15-20-21(26)11-8-12-22(20)27/h7-13,18,23H,5-6,14-16H2,1-4H3,(H,28,31)/t18-,23+/m0/s1. The van der Waals surface area contributed by atoms with Crippen LogP contribution in [0.4, 0.5) is 4.39 Å². The highest BCUT2D eigenvalue weighted by molar-refractivity contribution is 7.99. The number of carbonyl (C=O) groups is 2. The monoisotopic (exact) mass is 478 g/mol. The molecule has 2 rings (SSSR count). The fourth-order valence-electron chi connectivity index (χ4n) is 3.36. The minimum atomic E-state index is -0.574.